The van der Waals surface area contributed by atoms with Gasteiger partial charge in [-0.05, 0) is 30.2 Å². The molecular formula is C22H24N6O2. The molecule has 2 heterocycles. The highest BCUT2D eigenvalue weighted by molar-refractivity contribution is 5.78. The highest BCUT2D eigenvalue weighted by Crippen LogP contribution is 2.24. The monoisotopic (exact) mass is 404 g/mol. The molecule has 8 nitrogen and oxygen atoms in total. The maximum Gasteiger partial charge on any atom is 0.277 e. The highest BCUT2D eigenvalue weighted by Gasteiger charge is 2.23. The van der Waals surface area contributed by atoms with Crippen LogP contribution in [0.25, 0.3) is 21.9 Å². The predicted octanol–water partition coefficient (Wildman–Crippen LogP) is 2.96. The largest absolute Gasteiger partial charge is 0.346 e. The van der Waals surface area contributed by atoms with Crippen molar-refractivity contribution in [1.82, 2.24) is 30.3 Å². The molecule has 0 bridgehead atoms. The van der Waals surface area contributed by atoms with Crippen molar-refractivity contribution in [2.45, 2.75) is 39.3 Å². The second kappa shape index (κ2) is 8.44. The molecule has 2 atom stereocenters. The van der Waals surface area contributed by atoms with Gasteiger partial charge in [0.15, 0.2) is 0 Å². The number of fused-ring (bicyclic) bond motifs is 2. The number of aromatic nitrogens is 5. The van der Waals surface area contributed by atoms with Crippen LogP contribution < -0.4 is 10.9 Å². The molecule has 0 aliphatic carbocycles. The first-order valence-corrected chi connectivity index (χ1v) is 10.1. The topological polar surface area (TPSA) is 106 Å². The third-order valence-corrected chi connectivity index (χ3v) is 5.41. The van der Waals surface area contributed by atoms with Crippen molar-refractivity contribution in [3.63, 3.8) is 0 Å². The zero-order valence-corrected chi connectivity index (χ0v) is 17.0. The average Bonchev–Trinajstić information content (AvgIpc) is 3.20. The minimum Gasteiger partial charge on any atom is -0.346 e. The number of hydrogen-bond donors (Lipinski definition) is 2. The van der Waals surface area contributed by atoms with Crippen LogP contribution in [0, 0.1) is 5.92 Å². The summed E-state index contributed by atoms with van der Waals surface area (Å²) in [6, 6.07) is 14.6. The van der Waals surface area contributed by atoms with Crippen LogP contribution in [0.2, 0.25) is 0 Å². The molecule has 154 valence electrons. The van der Waals surface area contributed by atoms with Crippen molar-refractivity contribution in [1.29, 1.82) is 0 Å². The molecule has 0 spiro atoms. The number of nitrogens with one attached hydrogen (secondary N) is 2. The first-order chi connectivity index (χ1) is 14.6. The SMILES string of the molecule is CC[C@H](C)[C@@H](NC(=O)CCn1nnc2ccccc2c1=O)c1nc2ccccc2[nH]1. The van der Waals surface area contributed by atoms with Crippen molar-refractivity contribution in [2.75, 3.05) is 0 Å². The van der Waals surface area contributed by atoms with Gasteiger partial charge < -0.3 is 10.3 Å². The molecule has 0 saturated heterocycles. The van der Waals surface area contributed by atoms with Crippen molar-refractivity contribution >= 4 is 27.8 Å². The summed E-state index contributed by atoms with van der Waals surface area (Å²) in [6.45, 7) is 4.32. The molecule has 4 rings (SSSR count). The average molecular weight is 404 g/mol. The molecule has 2 aromatic carbocycles. The molecule has 1 amide bonds. The lowest BCUT2D eigenvalue weighted by Crippen LogP contribution is -2.35. The number of benzene rings is 2. The third kappa shape index (κ3) is 3.94. The predicted molar refractivity (Wildman–Crippen MR) is 115 cm³/mol. The Bertz CT molecular complexity index is 1210. The molecule has 0 aliphatic rings. The van der Waals surface area contributed by atoms with Crippen LogP contribution in [0.15, 0.2) is 53.3 Å². The van der Waals surface area contributed by atoms with Crippen LogP contribution in [-0.2, 0) is 11.3 Å². The summed E-state index contributed by atoms with van der Waals surface area (Å²) in [5.41, 5.74) is 2.11. The van der Waals surface area contributed by atoms with Gasteiger partial charge >= 0.3 is 0 Å². The number of imidazole rings is 1. The van der Waals surface area contributed by atoms with Gasteiger partial charge in [-0.3, -0.25) is 9.59 Å². The first kappa shape index (κ1) is 19.8. The zero-order chi connectivity index (χ0) is 21.1. The Morgan fingerprint density at radius 1 is 1.13 bits per heavy atom. The number of hydrogen-bond acceptors (Lipinski definition) is 5. The molecule has 30 heavy (non-hydrogen) atoms. The van der Waals surface area contributed by atoms with E-state index in [1.807, 2.05) is 24.3 Å². The third-order valence-electron chi connectivity index (χ3n) is 5.41. The fraction of sp³-hybridized carbons (Fsp3) is 0.318. The lowest BCUT2D eigenvalue weighted by molar-refractivity contribution is -0.122. The number of carbonyl (C=O) groups is 1. The molecular weight excluding hydrogens is 380 g/mol. The van der Waals surface area contributed by atoms with Crippen molar-refractivity contribution in [2.24, 2.45) is 5.92 Å². The molecule has 2 aromatic heterocycles. The first-order valence-electron chi connectivity index (χ1n) is 10.1. The summed E-state index contributed by atoms with van der Waals surface area (Å²) in [7, 11) is 0. The molecule has 0 unspecified atom stereocenters. The van der Waals surface area contributed by atoms with Gasteiger partial charge in [0, 0.05) is 6.42 Å². The molecule has 2 N–H and O–H groups in total. The molecule has 4 aromatic rings. The van der Waals surface area contributed by atoms with Gasteiger partial charge in [-0.1, -0.05) is 49.7 Å². The zero-order valence-electron chi connectivity index (χ0n) is 17.0. The Morgan fingerprint density at radius 2 is 1.87 bits per heavy atom. The number of aryl methyl sites for hydroxylation is 1. The lowest BCUT2D eigenvalue weighted by atomic mass is 9.98. The number of aromatic amines is 1. The molecule has 0 fully saturated rings. The van der Waals surface area contributed by atoms with E-state index in [0.717, 1.165) is 23.3 Å². The summed E-state index contributed by atoms with van der Waals surface area (Å²) in [4.78, 5) is 33.2. The summed E-state index contributed by atoms with van der Waals surface area (Å²) in [6.07, 6.45) is 1.01. The van der Waals surface area contributed by atoms with E-state index in [4.69, 9.17) is 0 Å². The van der Waals surface area contributed by atoms with Crippen LogP contribution in [0.4, 0.5) is 0 Å². The van der Waals surface area contributed by atoms with Crippen LogP contribution in [-0.4, -0.2) is 30.9 Å². The Morgan fingerprint density at radius 3 is 2.63 bits per heavy atom. The van der Waals surface area contributed by atoms with E-state index in [2.05, 4.69) is 39.4 Å². The molecule has 0 aliphatic heterocycles. The van der Waals surface area contributed by atoms with Crippen LogP contribution >= 0.6 is 0 Å². The van der Waals surface area contributed by atoms with Gasteiger partial charge in [-0.15, -0.1) is 5.10 Å². The van der Waals surface area contributed by atoms with E-state index in [0.29, 0.717) is 10.9 Å². The van der Waals surface area contributed by atoms with Crippen molar-refractivity contribution < 1.29 is 4.79 Å². The van der Waals surface area contributed by atoms with E-state index in [1.165, 1.54) is 4.68 Å². The Labute approximate surface area is 173 Å². The van der Waals surface area contributed by atoms with Gasteiger partial charge in [0.05, 0.1) is 29.0 Å². The number of nitrogens with zero attached hydrogens (tertiary/aromatic N) is 4. The highest BCUT2D eigenvalue weighted by atomic mass is 16.2. The normalized spacial score (nSPS) is 13.4. The van der Waals surface area contributed by atoms with Crippen LogP contribution in [0.3, 0.4) is 0 Å². The fourth-order valence-electron chi connectivity index (χ4n) is 3.46. The maximum atomic E-state index is 12.7. The fourth-order valence-corrected chi connectivity index (χ4v) is 3.46. The molecule has 8 heteroatoms. The standard InChI is InChI=1S/C22H24N6O2/c1-3-14(2)20(21-23-17-10-6-7-11-18(17)24-21)25-19(29)12-13-28-22(30)15-8-4-5-9-16(15)26-27-28/h4-11,14,20H,3,12-13H2,1-2H3,(H,23,24)(H,25,29)/t14-,20+/m0/s1. The Balaban J connectivity index is 1.49. The summed E-state index contributed by atoms with van der Waals surface area (Å²) in [5, 5.41) is 11.6. The summed E-state index contributed by atoms with van der Waals surface area (Å²) >= 11 is 0. The van der Waals surface area contributed by atoms with E-state index >= 15 is 0 Å². The van der Waals surface area contributed by atoms with Crippen LogP contribution in [0.5, 0.6) is 0 Å². The minimum atomic E-state index is -0.246. The van der Waals surface area contributed by atoms with Crippen molar-refractivity contribution in [3.8, 4) is 0 Å². The summed E-state index contributed by atoms with van der Waals surface area (Å²) < 4.78 is 1.24. The van der Waals surface area contributed by atoms with Gasteiger partial charge in [-0.25, -0.2) is 9.67 Å². The maximum absolute atomic E-state index is 12.7. The van der Waals surface area contributed by atoms with E-state index in [9.17, 15) is 9.59 Å². The molecule has 0 saturated carbocycles. The summed E-state index contributed by atoms with van der Waals surface area (Å²) in [5.74, 6) is 0.766. The minimum absolute atomic E-state index is 0.125. The van der Waals surface area contributed by atoms with Gasteiger partial charge in [0.2, 0.25) is 5.91 Å². The number of H-pyrrole nitrogens is 1. The second-order valence-electron chi connectivity index (χ2n) is 7.45. The number of rotatable bonds is 7. The van der Waals surface area contributed by atoms with Gasteiger partial charge in [0.25, 0.3) is 5.56 Å². The quantitative estimate of drug-likeness (QED) is 0.493. The van der Waals surface area contributed by atoms with E-state index < -0.39 is 0 Å². The Kier molecular flexibility index (Phi) is 5.56. The number of para-hydroxylation sites is 2. The van der Waals surface area contributed by atoms with Crippen LogP contribution in [0.1, 0.15) is 38.6 Å². The van der Waals surface area contributed by atoms with E-state index in [-0.39, 0.29) is 36.4 Å². The van der Waals surface area contributed by atoms with E-state index in [1.54, 1.807) is 24.3 Å². The second-order valence-corrected chi connectivity index (χ2v) is 7.45. The van der Waals surface area contributed by atoms with Crippen molar-refractivity contribution in [3.05, 3.63) is 64.7 Å². The van der Waals surface area contributed by atoms with Gasteiger partial charge in [-0.2, -0.15) is 0 Å². The lowest BCUT2D eigenvalue weighted by Gasteiger charge is -2.22. The molecule has 0 radical (unpaired) electrons. The number of amides is 1. The van der Waals surface area contributed by atoms with Gasteiger partial charge in [0.1, 0.15) is 11.3 Å². The Hall–Kier alpha value is -3.55. The smallest absolute Gasteiger partial charge is 0.277 e. The number of carbonyl (C=O) groups excluding carboxylic acids is 1.